The molecular weight excluding hydrogens is 205 g/mol. The number of aromatic nitrogens is 1. The highest BCUT2D eigenvalue weighted by Gasteiger charge is 2.30. The Morgan fingerprint density at radius 2 is 2.07 bits per heavy atom. The zero-order valence-electron chi connectivity index (χ0n) is 8.12. The molecule has 0 aliphatic heterocycles. The van der Waals surface area contributed by atoms with E-state index in [-0.39, 0.29) is 6.04 Å². The fourth-order valence-electron chi connectivity index (χ4n) is 0.922. The average Bonchev–Trinajstić information content (AvgIpc) is 2.14. The van der Waals surface area contributed by atoms with Crippen LogP contribution in [0.4, 0.5) is 13.2 Å². The van der Waals surface area contributed by atoms with Gasteiger partial charge in [-0.1, -0.05) is 6.08 Å². The number of nitrogens with zero attached hydrogens (tertiary/aromatic N) is 1. The third-order valence-electron chi connectivity index (χ3n) is 1.68. The van der Waals surface area contributed by atoms with Crippen LogP contribution in [0.1, 0.15) is 18.2 Å². The van der Waals surface area contributed by atoms with Crippen molar-refractivity contribution in [2.24, 2.45) is 5.73 Å². The first-order chi connectivity index (χ1) is 6.89. The first-order valence-corrected chi connectivity index (χ1v) is 4.36. The molecule has 5 heteroatoms. The predicted octanol–water partition coefficient (Wildman–Crippen LogP) is 2.46. The molecule has 2 nitrogen and oxygen atoms in total. The lowest BCUT2D eigenvalue weighted by Crippen LogP contribution is -2.10. The fourth-order valence-corrected chi connectivity index (χ4v) is 0.922. The van der Waals surface area contributed by atoms with Crippen LogP contribution >= 0.6 is 0 Å². The molecule has 2 N–H and O–H groups in total. The topological polar surface area (TPSA) is 38.9 Å². The van der Waals surface area contributed by atoms with Gasteiger partial charge in [-0.15, -0.1) is 0 Å². The van der Waals surface area contributed by atoms with Gasteiger partial charge in [0.25, 0.3) is 0 Å². The van der Waals surface area contributed by atoms with Crippen molar-refractivity contribution >= 4 is 6.08 Å². The molecule has 0 bridgehead atoms. The van der Waals surface area contributed by atoms with Gasteiger partial charge in [0, 0.05) is 12.2 Å². The normalized spacial score (nSPS) is 14.5. The largest absolute Gasteiger partial charge is 0.417 e. The summed E-state index contributed by atoms with van der Waals surface area (Å²) in [6.45, 7) is 1.76. The van der Waals surface area contributed by atoms with Crippen molar-refractivity contribution < 1.29 is 13.2 Å². The van der Waals surface area contributed by atoms with Crippen molar-refractivity contribution in [3.05, 3.63) is 35.7 Å². The summed E-state index contributed by atoms with van der Waals surface area (Å²) in [5.41, 5.74) is 5.15. The Morgan fingerprint density at radius 1 is 1.40 bits per heavy atom. The molecular formula is C10H11F3N2. The lowest BCUT2D eigenvalue weighted by Gasteiger charge is -2.05. The van der Waals surface area contributed by atoms with Crippen LogP contribution in [-0.2, 0) is 6.18 Å². The maximum absolute atomic E-state index is 12.2. The van der Waals surface area contributed by atoms with E-state index in [1.54, 1.807) is 19.1 Å². The van der Waals surface area contributed by atoms with Gasteiger partial charge in [-0.25, -0.2) is 0 Å². The minimum atomic E-state index is -4.34. The van der Waals surface area contributed by atoms with Crippen molar-refractivity contribution in [2.45, 2.75) is 19.1 Å². The molecule has 0 amide bonds. The summed E-state index contributed by atoms with van der Waals surface area (Å²) in [7, 11) is 0. The van der Waals surface area contributed by atoms with Crippen LogP contribution in [0.15, 0.2) is 24.4 Å². The number of halogens is 3. The highest BCUT2D eigenvalue weighted by atomic mass is 19.4. The van der Waals surface area contributed by atoms with E-state index < -0.39 is 11.7 Å². The lowest BCUT2D eigenvalue weighted by molar-refractivity contribution is -0.137. The third-order valence-corrected chi connectivity index (χ3v) is 1.68. The van der Waals surface area contributed by atoms with Gasteiger partial charge in [0.1, 0.15) is 0 Å². The van der Waals surface area contributed by atoms with Gasteiger partial charge in [-0.3, -0.25) is 4.98 Å². The number of hydrogen-bond donors (Lipinski definition) is 1. The van der Waals surface area contributed by atoms with E-state index in [2.05, 4.69) is 4.98 Å². The van der Waals surface area contributed by atoms with E-state index in [9.17, 15) is 13.2 Å². The van der Waals surface area contributed by atoms with Crippen LogP contribution in [0.2, 0.25) is 0 Å². The van der Waals surface area contributed by atoms with Gasteiger partial charge in [0.2, 0.25) is 0 Å². The summed E-state index contributed by atoms with van der Waals surface area (Å²) in [6, 6.07) is 2.16. The number of alkyl halides is 3. The highest BCUT2D eigenvalue weighted by Crippen LogP contribution is 2.28. The van der Waals surface area contributed by atoms with Gasteiger partial charge in [-0.05, 0) is 25.1 Å². The van der Waals surface area contributed by atoms with Crippen LogP contribution in [0.3, 0.4) is 0 Å². The van der Waals surface area contributed by atoms with Crippen LogP contribution in [-0.4, -0.2) is 11.0 Å². The summed E-state index contributed by atoms with van der Waals surface area (Å²) in [5, 5.41) is 0. The zero-order valence-corrected chi connectivity index (χ0v) is 8.12. The minimum Gasteiger partial charge on any atom is -0.325 e. The Bertz CT molecular complexity index is 339. The van der Waals surface area contributed by atoms with Gasteiger partial charge in [0.15, 0.2) is 0 Å². The van der Waals surface area contributed by atoms with Gasteiger partial charge in [0.05, 0.1) is 11.3 Å². The zero-order chi connectivity index (χ0) is 11.5. The Labute approximate surface area is 85.6 Å². The van der Waals surface area contributed by atoms with E-state index in [1.807, 2.05) is 0 Å². The molecule has 1 unspecified atom stereocenters. The lowest BCUT2D eigenvalue weighted by atomic mass is 10.2. The van der Waals surface area contributed by atoms with E-state index in [0.717, 1.165) is 12.3 Å². The second-order valence-corrected chi connectivity index (χ2v) is 3.19. The van der Waals surface area contributed by atoms with E-state index >= 15 is 0 Å². The molecule has 1 heterocycles. The van der Waals surface area contributed by atoms with Crippen LogP contribution in [0.25, 0.3) is 6.08 Å². The molecule has 0 saturated heterocycles. The summed E-state index contributed by atoms with van der Waals surface area (Å²) in [6.07, 6.45) is -0.280. The van der Waals surface area contributed by atoms with Crippen molar-refractivity contribution in [1.29, 1.82) is 0 Å². The summed E-state index contributed by atoms with van der Waals surface area (Å²) in [4.78, 5) is 3.65. The quantitative estimate of drug-likeness (QED) is 0.824. The second kappa shape index (κ2) is 4.44. The number of rotatable bonds is 2. The fraction of sp³-hybridized carbons (Fsp3) is 0.300. The van der Waals surface area contributed by atoms with Crippen LogP contribution < -0.4 is 5.73 Å². The molecule has 1 atom stereocenters. The smallest absolute Gasteiger partial charge is 0.325 e. The maximum Gasteiger partial charge on any atom is 0.417 e. The van der Waals surface area contributed by atoms with E-state index in [1.165, 1.54) is 6.07 Å². The van der Waals surface area contributed by atoms with Crippen LogP contribution in [0, 0.1) is 0 Å². The monoisotopic (exact) mass is 216 g/mol. The minimum absolute atomic E-state index is 0.144. The number of hydrogen-bond acceptors (Lipinski definition) is 2. The van der Waals surface area contributed by atoms with Crippen molar-refractivity contribution in [3.8, 4) is 0 Å². The second-order valence-electron chi connectivity index (χ2n) is 3.19. The summed E-state index contributed by atoms with van der Waals surface area (Å²) in [5.74, 6) is 0. The number of pyridine rings is 1. The average molecular weight is 216 g/mol. The molecule has 0 aromatic carbocycles. The van der Waals surface area contributed by atoms with Gasteiger partial charge < -0.3 is 5.73 Å². The maximum atomic E-state index is 12.2. The molecule has 0 aliphatic rings. The van der Waals surface area contributed by atoms with Crippen molar-refractivity contribution in [2.75, 3.05) is 0 Å². The van der Waals surface area contributed by atoms with Crippen molar-refractivity contribution in [1.82, 2.24) is 4.98 Å². The SMILES string of the molecule is CC(N)/C=C/c1ccc(C(F)(F)F)cn1. The number of nitrogens with two attached hydrogens (primary N) is 1. The molecule has 1 rings (SSSR count). The highest BCUT2D eigenvalue weighted by molar-refractivity contribution is 5.45. The van der Waals surface area contributed by atoms with Crippen molar-refractivity contribution in [3.63, 3.8) is 0 Å². The third kappa shape index (κ3) is 3.71. The molecule has 1 aromatic heterocycles. The molecule has 0 radical (unpaired) electrons. The standard InChI is InChI=1S/C10H11F3N2/c1-7(14)2-4-9-5-3-8(6-15-9)10(11,12)13/h2-7H,14H2,1H3/b4-2+. The Morgan fingerprint density at radius 3 is 2.47 bits per heavy atom. The van der Waals surface area contributed by atoms with Gasteiger partial charge in [-0.2, -0.15) is 13.2 Å². The molecule has 0 aliphatic carbocycles. The first-order valence-electron chi connectivity index (χ1n) is 4.36. The molecule has 1 aromatic rings. The van der Waals surface area contributed by atoms with Gasteiger partial charge >= 0.3 is 6.18 Å². The predicted molar refractivity (Wildman–Crippen MR) is 51.9 cm³/mol. The van der Waals surface area contributed by atoms with E-state index in [4.69, 9.17) is 5.73 Å². The summed E-state index contributed by atoms with van der Waals surface area (Å²) >= 11 is 0. The first kappa shape index (κ1) is 11.7. The Hall–Kier alpha value is -1.36. The Kier molecular flexibility index (Phi) is 3.47. The molecule has 82 valence electrons. The molecule has 0 fully saturated rings. The van der Waals surface area contributed by atoms with Crippen LogP contribution in [0.5, 0.6) is 0 Å². The van der Waals surface area contributed by atoms with E-state index in [0.29, 0.717) is 5.69 Å². The molecule has 0 spiro atoms. The molecule has 0 saturated carbocycles. The summed E-state index contributed by atoms with van der Waals surface area (Å²) < 4.78 is 36.5. The Balaban J connectivity index is 2.82. The molecule has 15 heavy (non-hydrogen) atoms.